The summed E-state index contributed by atoms with van der Waals surface area (Å²) in [5.41, 5.74) is 3.22. The minimum Gasteiger partial charge on any atom is -0.336 e. The minimum atomic E-state index is -0.189. The van der Waals surface area contributed by atoms with Gasteiger partial charge in [-0.05, 0) is 36.4 Å². The number of hydrogen-bond acceptors (Lipinski definition) is 5. The van der Waals surface area contributed by atoms with Crippen LogP contribution in [0.2, 0.25) is 0 Å². The molecule has 8 heteroatoms. The van der Waals surface area contributed by atoms with Gasteiger partial charge in [0.1, 0.15) is 5.82 Å². The van der Waals surface area contributed by atoms with Gasteiger partial charge in [0.2, 0.25) is 11.8 Å². The Hall–Kier alpha value is -3.52. The molecule has 3 amide bonds. The maximum atomic E-state index is 12.9. The third-order valence-corrected chi connectivity index (χ3v) is 6.33. The Morgan fingerprint density at radius 2 is 1.56 bits per heavy atom. The molecule has 0 saturated carbocycles. The number of anilines is 1. The zero-order chi connectivity index (χ0) is 22.2. The van der Waals surface area contributed by atoms with Crippen LogP contribution in [0.25, 0.3) is 11.0 Å². The molecule has 2 aliphatic heterocycles. The van der Waals surface area contributed by atoms with E-state index in [9.17, 15) is 14.4 Å². The Kier molecular flexibility index (Phi) is 5.22. The van der Waals surface area contributed by atoms with Crippen molar-refractivity contribution >= 4 is 34.4 Å². The molecular weight excluding hydrogens is 406 g/mol. The van der Waals surface area contributed by atoms with E-state index < -0.39 is 0 Å². The summed E-state index contributed by atoms with van der Waals surface area (Å²) >= 11 is 0. The third kappa shape index (κ3) is 3.67. The fourth-order valence-corrected chi connectivity index (χ4v) is 4.45. The Morgan fingerprint density at radius 1 is 0.906 bits per heavy atom. The van der Waals surface area contributed by atoms with Gasteiger partial charge in [0.05, 0.1) is 23.3 Å². The molecule has 0 aliphatic carbocycles. The van der Waals surface area contributed by atoms with Crippen LogP contribution in [0.15, 0.2) is 48.5 Å². The summed E-state index contributed by atoms with van der Waals surface area (Å²) in [6.45, 7) is 3.61. The van der Waals surface area contributed by atoms with E-state index >= 15 is 0 Å². The first kappa shape index (κ1) is 20.4. The van der Waals surface area contributed by atoms with Crippen molar-refractivity contribution in [2.24, 2.45) is 7.05 Å². The van der Waals surface area contributed by atoms with Crippen LogP contribution < -0.4 is 4.90 Å². The molecule has 0 atom stereocenters. The van der Waals surface area contributed by atoms with Crippen molar-refractivity contribution in [1.29, 1.82) is 0 Å². The van der Waals surface area contributed by atoms with E-state index in [-0.39, 0.29) is 30.6 Å². The van der Waals surface area contributed by atoms with E-state index in [0.717, 1.165) is 36.5 Å². The Bertz CT molecular complexity index is 1180. The van der Waals surface area contributed by atoms with Crippen LogP contribution in [0.1, 0.15) is 29.0 Å². The number of fused-ring (bicyclic) bond motifs is 1. The smallest absolute Gasteiger partial charge is 0.253 e. The third-order valence-electron chi connectivity index (χ3n) is 6.33. The average Bonchev–Trinajstić information content (AvgIpc) is 3.32. The zero-order valence-electron chi connectivity index (χ0n) is 18.0. The molecule has 2 aliphatic rings. The molecule has 5 rings (SSSR count). The summed E-state index contributed by atoms with van der Waals surface area (Å²) in [6, 6.07) is 14.9. The minimum absolute atomic E-state index is 0.0296. The molecule has 0 spiro atoms. The standard InChI is InChI=1S/C24H25N5O3/c1-26-20-5-3-2-4-19(20)25-21(26)16-27-12-14-28(15-13-27)24(32)17-6-8-18(9-7-17)29-22(30)10-11-23(29)31/h2-9H,10-16H2,1H3. The molecule has 0 bridgehead atoms. The first-order chi connectivity index (χ1) is 15.5. The van der Waals surface area contributed by atoms with E-state index in [0.29, 0.717) is 24.3 Å². The number of rotatable bonds is 4. The van der Waals surface area contributed by atoms with Gasteiger partial charge in [-0.15, -0.1) is 0 Å². The number of nitrogens with zero attached hydrogens (tertiary/aromatic N) is 5. The second kappa shape index (κ2) is 8.20. The van der Waals surface area contributed by atoms with E-state index in [1.165, 1.54) is 4.90 Å². The number of benzene rings is 2. The number of aryl methyl sites for hydroxylation is 1. The Balaban J connectivity index is 1.20. The summed E-state index contributed by atoms with van der Waals surface area (Å²) in [6.07, 6.45) is 0.496. The van der Waals surface area contributed by atoms with Crippen LogP contribution in [-0.2, 0) is 23.2 Å². The van der Waals surface area contributed by atoms with E-state index in [2.05, 4.69) is 15.5 Å². The molecule has 164 valence electrons. The molecule has 3 heterocycles. The van der Waals surface area contributed by atoms with Crippen LogP contribution in [0.4, 0.5) is 5.69 Å². The Morgan fingerprint density at radius 3 is 2.22 bits per heavy atom. The van der Waals surface area contributed by atoms with Crippen molar-refractivity contribution in [1.82, 2.24) is 19.4 Å². The van der Waals surface area contributed by atoms with Crippen molar-refractivity contribution in [2.75, 3.05) is 31.1 Å². The van der Waals surface area contributed by atoms with Crippen LogP contribution in [0.3, 0.4) is 0 Å². The number of aromatic nitrogens is 2. The van der Waals surface area contributed by atoms with Crippen LogP contribution in [0.5, 0.6) is 0 Å². The second-order valence-corrected chi connectivity index (χ2v) is 8.31. The van der Waals surface area contributed by atoms with Crippen molar-refractivity contribution < 1.29 is 14.4 Å². The van der Waals surface area contributed by atoms with Gasteiger partial charge in [-0.1, -0.05) is 12.1 Å². The maximum absolute atomic E-state index is 12.9. The Labute approximate surface area is 186 Å². The number of amides is 3. The largest absolute Gasteiger partial charge is 0.336 e. The van der Waals surface area contributed by atoms with E-state index in [1.54, 1.807) is 24.3 Å². The number of piperazine rings is 1. The first-order valence-corrected chi connectivity index (χ1v) is 10.9. The fourth-order valence-electron chi connectivity index (χ4n) is 4.45. The molecule has 0 unspecified atom stereocenters. The molecule has 0 radical (unpaired) electrons. The molecule has 8 nitrogen and oxygen atoms in total. The van der Waals surface area contributed by atoms with Crippen LogP contribution >= 0.6 is 0 Å². The summed E-state index contributed by atoms with van der Waals surface area (Å²) in [7, 11) is 2.04. The van der Waals surface area contributed by atoms with E-state index in [4.69, 9.17) is 4.98 Å². The monoisotopic (exact) mass is 431 g/mol. The van der Waals surface area contributed by atoms with E-state index in [1.807, 2.05) is 30.1 Å². The van der Waals surface area contributed by atoms with Gasteiger partial charge in [0.15, 0.2) is 0 Å². The second-order valence-electron chi connectivity index (χ2n) is 8.31. The highest BCUT2D eigenvalue weighted by Gasteiger charge is 2.30. The van der Waals surface area contributed by atoms with Crippen molar-refractivity contribution in [3.05, 3.63) is 59.9 Å². The molecule has 2 aromatic carbocycles. The van der Waals surface area contributed by atoms with Crippen molar-refractivity contribution in [2.45, 2.75) is 19.4 Å². The lowest BCUT2D eigenvalue weighted by atomic mass is 10.1. The highest BCUT2D eigenvalue weighted by atomic mass is 16.2. The van der Waals surface area contributed by atoms with Crippen molar-refractivity contribution in [3.63, 3.8) is 0 Å². The van der Waals surface area contributed by atoms with Gasteiger partial charge in [-0.2, -0.15) is 0 Å². The number of carbonyl (C=O) groups is 3. The van der Waals surface area contributed by atoms with Gasteiger partial charge < -0.3 is 9.47 Å². The molecular formula is C24H25N5O3. The highest BCUT2D eigenvalue weighted by molar-refractivity contribution is 6.19. The SMILES string of the molecule is Cn1c(CN2CCN(C(=O)c3ccc(N4C(=O)CCC4=O)cc3)CC2)nc2ccccc21. The fraction of sp³-hybridized carbons (Fsp3) is 0.333. The molecule has 2 saturated heterocycles. The molecule has 2 fully saturated rings. The predicted octanol–water partition coefficient (Wildman–Crippen LogP) is 2.18. The number of imide groups is 1. The van der Waals surface area contributed by atoms with Gasteiger partial charge in [-0.25, -0.2) is 4.98 Å². The predicted molar refractivity (Wildman–Crippen MR) is 120 cm³/mol. The molecule has 32 heavy (non-hydrogen) atoms. The topological polar surface area (TPSA) is 78.8 Å². The molecule has 3 aromatic rings. The summed E-state index contributed by atoms with van der Waals surface area (Å²) in [5.74, 6) is 0.613. The lowest BCUT2D eigenvalue weighted by Crippen LogP contribution is -2.48. The number of carbonyl (C=O) groups excluding carboxylic acids is 3. The number of imidazole rings is 1. The molecule has 0 N–H and O–H groups in total. The maximum Gasteiger partial charge on any atom is 0.253 e. The lowest BCUT2D eigenvalue weighted by Gasteiger charge is -2.34. The van der Waals surface area contributed by atoms with Gasteiger partial charge in [0.25, 0.3) is 5.91 Å². The van der Waals surface area contributed by atoms with Crippen LogP contribution in [0, 0.1) is 0 Å². The highest BCUT2D eigenvalue weighted by Crippen LogP contribution is 2.23. The van der Waals surface area contributed by atoms with Gasteiger partial charge in [0, 0.05) is 51.6 Å². The first-order valence-electron chi connectivity index (χ1n) is 10.9. The van der Waals surface area contributed by atoms with Gasteiger partial charge in [-0.3, -0.25) is 24.2 Å². The van der Waals surface area contributed by atoms with Crippen LogP contribution in [-0.4, -0.2) is 63.3 Å². The van der Waals surface area contributed by atoms with Crippen molar-refractivity contribution in [3.8, 4) is 0 Å². The summed E-state index contributed by atoms with van der Waals surface area (Å²) in [4.78, 5) is 46.9. The summed E-state index contributed by atoms with van der Waals surface area (Å²) < 4.78 is 2.13. The average molecular weight is 431 g/mol. The normalized spacial score (nSPS) is 17.5. The number of para-hydroxylation sites is 2. The summed E-state index contributed by atoms with van der Waals surface area (Å²) in [5, 5.41) is 0. The molecule has 1 aromatic heterocycles. The quantitative estimate of drug-likeness (QED) is 0.592. The van der Waals surface area contributed by atoms with Gasteiger partial charge >= 0.3 is 0 Å². The lowest BCUT2D eigenvalue weighted by molar-refractivity contribution is -0.121. The number of hydrogen-bond donors (Lipinski definition) is 0. The zero-order valence-corrected chi connectivity index (χ0v) is 18.0.